The van der Waals surface area contributed by atoms with Crippen LogP contribution in [0.15, 0.2) is 42.5 Å². The van der Waals surface area contributed by atoms with Gasteiger partial charge in [-0.05, 0) is 46.9 Å². The number of carbonyl (C=O) groups excluding carboxylic acids is 1. The second-order valence-corrected chi connectivity index (χ2v) is 5.05. The lowest BCUT2D eigenvalue weighted by Crippen LogP contribution is -2.10. The van der Waals surface area contributed by atoms with Crippen LogP contribution in [0.4, 0.5) is 0 Å². The molecule has 0 radical (unpaired) electrons. The van der Waals surface area contributed by atoms with Crippen molar-refractivity contribution in [3.05, 3.63) is 51.6 Å². The fraction of sp³-hybridized carbons (Fsp3) is 0.0714. The molecule has 0 atom stereocenters. The molecule has 1 aliphatic heterocycles. The number of halogens is 1. The average molecular weight is 368 g/mol. The van der Waals surface area contributed by atoms with Gasteiger partial charge in [0, 0.05) is 9.64 Å². The number of fused-ring (bicyclic) bond motifs is 1. The summed E-state index contributed by atoms with van der Waals surface area (Å²) in [7, 11) is 0. The quantitative estimate of drug-likeness (QED) is 0.464. The first-order valence-electron chi connectivity index (χ1n) is 5.60. The van der Waals surface area contributed by atoms with Gasteiger partial charge in [-0.3, -0.25) is 0 Å². The van der Waals surface area contributed by atoms with Crippen molar-refractivity contribution in [2.75, 3.05) is 6.79 Å². The summed E-state index contributed by atoms with van der Waals surface area (Å²) in [5, 5.41) is 0. The maximum absolute atomic E-state index is 12.0. The molecule has 5 heteroatoms. The van der Waals surface area contributed by atoms with Gasteiger partial charge < -0.3 is 14.2 Å². The molecule has 19 heavy (non-hydrogen) atoms. The summed E-state index contributed by atoms with van der Waals surface area (Å²) in [6, 6.07) is 12.3. The van der Waals surface area contributed by atoms with Crippen molar-refractivity contribution in [3.63, 3.8) is 0 Å². The van der Waals surface area contributed by atoms with E-state index in [0.717, 1.165) is 3.57 Å². The van der Waals surface area contributed by atoms with Gasteiger partial charge in [-0.1, -0.05) is 12.1 Å². The molecule has 0 aromatic heterocycles. The van der Waals surface area contributed by atoms with E-state index in [1.54, 1.807) is 30.3 Å². The minimum absolute atomic E-state index is 0.198. The molecular weight excluding hydrogens is 359 g/mol. The van der Waals surface area contributed by atoms with Crippen LogP contribution < -0.4 is 14.2 Å². The molecule has 0 N–H and O–H groups in total. The molecule has 1 heterocycles. The van der Waals surface area contributed by atoms with Crippen molar-refractivity contribution >= 4 is 28.6 Å². The summed E-state index contributed by atoms with van der Waals surface area (Å²) >= 11 is 2.10. The molecule has 2 aromatic carbocycles. The maximum atomic E-state index is 12.0. The van der Waals surface area contributed by atoms with Gasteiger partial charge in [0.15, 0.2) is 11.5 Å². The van der Waals surface area contributed by atoms with Crippen molar-refractivity contribution in [3.8, 4) is 17.2 Å². The Hall–Kier alpha value is -1.76. The van der Waals surface area contributed by atoms with E-state index in [9.17, 15) is 4.79 Å². The molecule has 2 aromatic rings. The van der Waals surface area contributed by atoms with E-state index in [1.165, 1.54) is 0 Å². The zero-order valence-electron chi connectivity index (χ0n) is 9.76. The standard InChI is InChI=1S/C14H9IO4/c15-11-4-2-1-3-10(11)14(16)19-9-5-6-12-13(7-9)18-8-17-12/h1-7H,8H2. The molecular formula is C14H9IO4. The molecule has 0 saturated heterocycles. The Morgan fingerprint density at radius 1 is 1.11 bits per heavy atom. The van der Waals surface area contributed by atoms with Crippen molar-refractivity contribution in [2.24, 2.45) is 0 Å². The SMILES string of the molecule is O=C(Oc1ccc2c(c1)OCO2)c1ccccc1I. The zero-order valence-corrected chi connectivity index (χ0v) is 11.9. The van der Waals surface area contributed by atoms with Crippen LogP contribution in [0.25, 0.3) is 0 Å². The smallest absolute Gasteiger partial charge is 0.344 e. The summed E-state index contributed by atoms with van der Waals surface area (Å²) in [5.41, 5.74) is 0.542. The second-order valence-electron chi connectivity index (χ2n) is 3.88. The Morgan fingerprint density at radius 2 is 1.89 bits per heavy atom. The fourth-order valence-corrected chi connectivity index (χ4v) is 2.34. The molecule has 0 saturated carbocycles. The zero-order chi connectivity index (χ0) is 13.2. The molecule has 0 fully saturated rings. The van der Waals surface area contributed by atoms with Gasteiger partial charge >= 0.3 is 5.97 Å². The summed E-state index contributed by atoms with van der Waals surface area (Å²) in [5.74, 6) is 1.31. The lowest BCUT2D eigenvalue weighted by Gasteiger charge is -2.06. The molecule has 4 nitrogen and oxygen atoms in total. The minimum atomic E-state index is -0.385. The highest BCUT2D eigenvalue weighted by Gasteiger charge is 2.16. The number of benzene rings is 2. The lowest BCUT2D eigenvalue weighted by atomic mass is 10.2. The Kier molecular flexibility index (Phi) is 3.29. The minimum Gasteiger partial charge on any atom is -0.454 e. The van der Waals surface area contributed by atoms with Gasteiger partial charge in [-0.25, -0.2) is 4.79 Å². The highest BCUT2D eigenvalue weighted by Crippen LogP contribution is 2.35. The Morgan fingerprint density at radius 3 is 2.74 bits per heavy atom. The summed E-state index contributed by atoms with van der Waals surface area (Å²) < 4.78 is 16.6. The van der Waals surface area contributed by atoms with Crippen LogP contribution in [0.5, 0.6) is 17.2 Å². The third-order valence-electron chi connectivity index (χ3n) is 2.65. The van der Waals surface area contributed by atoms with Crippen LogP contribution in [-0.4, -0.2) is 12.8 Å². The van der Waals surface area contributed by atoms with Crippen molar-refractivity contribution < 1.29 is 19.0 Å². The number of hydrogen-bond donors (Lipinski definition) is 0. The van der Waals surface area contributed by atoms with Crippen LogP contribution in [-0.2, 0) is 0 Å². The van der Waals surface area contributed by atoms with Gasteiger partial charge in [0.05, 0.1) is 5.56 Å². The topological polar surface area (TPSA) is 44.8 Å². The first kappa shape index (κ1) is 12.3. The Bertz CT molecular complexity index is 639. The summed E-state index contributed by atoms with van der Waals surface area (Å²) in [6.07, 6.45) is 0. The van der Waals surface area contributed by atoms with Crippen LogP contribution in [0.2, 0.25) is 0 Å². The molecule has 1 aliphatic rings. The normalized spacial score (nSPS) is 12.3. The van der Waals surface area contributed by atoms with E-state index in [2.05, 4.69) is 22.6 Å². The number of rotatable bonds is 2. The van der Waals surface area contributed by atoms with E-state index in [0.29, 0.717) is 22.8 Å². The van der Waals surface area contributed by atoms with Crippen molar-refractivity contribution in [2.45, 2.75) is 0 Å². The predicted octanol–water partition coefficient (Wildman–Crippen LogP) is 3.24. The first-order valence-corrected chi connectivity index (χ1v) is 6.68. The highest BCUT2D eigenvalue weighted by molar-refractivity contribution is 14.1. The van der Waals surface area contributed by atoms with Crippen LogP contribution >= 0.6 is 22.6 Å². The largest absolute Gasteiger partial charge is 0.454 e. The molecule has 0 aliphatic carbocycles. The van der Waals surface area contributed by atoms with E-state index in [1.807, 2.05) is 12.1 Å². The van der Waals surface area contributed by atoms with Gasteiger partial charge in [0.2, 0.25) is 6.79 Å². The monoisotopic (exact) mass is 368 g/mol. The van der Waals surface area contributed by atoms with Gasteiger partial charge in [0.25, 0.3) is 0 Å². The average Bonchev–Trinajstić information content (AvgIpc) is 2.86. The molecule has 0 spiro atoms. The Labute approximate surface area is 123 Å². The summed E-state index contributed by atoms with van der Waals surface area (Å²) in [4.78, 5) is 12.0. The molecule has 3 rings (SSSR count). The Balaban J connectivity index is 1.82. The van der Waals surface area contributed by atoms with E-state index >= 15 is 0 Å². The molecule has 0 unspecified atom stereocenters. The lowest BCUT2D eigenvalue weighted by molar-refractivity contribution is 0.0733. The van der Waals surface area contributed by atoms with Crippen molar-refractivity contribution in [1.29, 1.82) is 0 Å². The van der Waals surface area contributed by atoms with E-state index < -0.39 is 0 Å². The van der Waals surface area contributed by atoms with Crippen LogP contribution in [0.3, 0.4) is 0 Å². The number of ether oxygens (including phenoxy) is 3. The first-order chi connectivity index (χ1) is 9.24. The van der Waals surface area contributed by atoms with Gasteiger partial charge in [0.1, 0.15) is 5.75 Å². The number of esters is 1. The summed E-state index contributed by atoms with van der Waals surface area (Å²) in [6.45, 7) is 0.198. The van der Waals surface area contributed by atoms with Crippen LogP contribution in [0.1, 0.15) is 10.4 Å². The van der Waals surface area contributed by atoms with Gasteiger partial charge in [-0.15, -0.1) is 0 Å². The van der Waals surface area contributed by atoms with E-state index in [4.69, 9.17) is 14.2 Å². The molecule has 96 valence electrons. The number of carbonyl (C=O) groups is 1. The van der Waals surface area contributed by atoms with Crippen molar-refractivity contribution in [1.82, 2.24) is 0 Å². The maximum Gasteiger partial charge on any atom is 0.344 e. The third-order valence-corrected chi connectivity index (χ3v) is 3.59. The predicted molar refractivity (Wildman–Crippen MR) is 76.7 cm³/mol. The van der Waals surface area contributed by atoms with E-state index in [-0.39, 0.29) is 12.8 Å². The van der Waals surface area contributed by atoms with Crippen LogP contribution in [0, 0.1) is 3.57 Å². The highest BCUT2D eigenvalue weighted by atomic mass is 127. The number of hydrogen-bond acceptors (Lipinski definition) is 4. The third kappa shape index (κ3) is 2.51. The molecule has 0 amide bonds. The molecule has 0 bridgehead atoms. The second kappa shape index (κ2) is 5.08. The van der Waals surface area contributed by atoms with Gasteiger partial charge in [-0.2, -0.15) is 0 Å². The fourth-order valence-electron chi connectivity index (χ4n) is 1.73.